The normalized spacial score (nSPS) is 15.2. The molecule has 150 valence electrons. The number of ether oxygens (including phenoxy) is 2. The average molecular weight is 431 g/mol. The second kappa shape index (κ2) is 8.31. The van der Waals surface area contributed by atoms with Gasteiger partial charge in [-0.15, -0.1) is 11.3 Å². The Bertz CT molecular complexity index is 1070. The van der Waals surface area contributed by atoms with E-state index in [1.807, 2.05) is 48.5 Å². The zero-order valence-electron chi connectivity index (χ0n) is 15.7. The maximum absolute atomic E-state index is 12.5. The highest BCUT2D eigenvalue weighted by molar-refractivity contribution is 7.21. The number of thiophene rings is 1. The van der Waals surface area contributed by atoms with Crippen molar-refractivity contribution in [2.24, 2.45) is 0 Å². The molecule has 0 bridgehead atoms. The lowest BCUT2D eigenvalue weighted by atomic mass is 10.2. The molecule has 0 unspecified atom stereocenters. The number of benzene rings is 2. The third-order valence-corrected chi connectivity index (χ3v) is 6.29. The Hall–Kier alpha value is -2.77. The minimum atomic E-state index is -0.357. The SMILES string of the molecule is CN(C[C@@H]1COc2ccccc2O1)C(=O)CNC(=O)c1sc2ccccc2c1Cl. The standard InChI is InChI=1S/C21H19ClN2O4S/c1-24(11-13-12-27-15-7-3-4-8-16(15)28-13)18(25)10-23-21(26)20-19(22)14-6-2-5-9-17(14)29-20/h2-9,13H,10-12H2,1H3,(H,23,26)/t13-/m1/s1. The minimum Gasteiger partial charge on any atom is -0.486 e. The molecule has 3 aromatic rings. The summed E-state index contributed by atoms with van der Waals surface area (Å²) in [7, 11) is 1.67. The van der Waals surface area contributed by atoms with E-state index in [0.717, 1.165) is 10.1 Å². The molecular formula is C21H19ClN2O4S. The van der Waals surface area contributed by atoms with Gasteiger partial charge in [0.2, 0.25) is 5.91 Å². The number of carbonyl (C=O) groups excluding carboxylic acids is 2. The van der Waals surface area contributed by atoms with E-state index in [-0.39, 0.29) is 24.5 Å². The van der Waals surface area contributed by atoms with E-state index in [1.165, 1.54) is 16.2 Å². The average Bonchev–Trinajstić information content (AvgIpc) is 3.08. The number of likely N-dealkylation sites (N-methyl/N-ethyl adjacent to an activating group) is 1. The van der Waals surface area contributed by atoms with Crippen LogP contribution in [0.2, 0.25) is 5.02 Å². The van der Waals surface area contributed by atoms with Gasteiger partial charge in [-0.3, -0.25) is 9.59 Å². The molecule has 0 aliphatic carbocycles. The van der Waals surface area contributed by atoms with Crippen molar-refractivity contribution in [3.8, 4) is 11.5 Å². The minimum absolute atomic E-state index is 0.121. The molecule has 1 N–H and O–H groups in total. The summed E-state index contributed by atoms with van der Waals surface area (Å²) in [5, 5.41) is 3.91. The number of carbonyl (C=O) groups is 2. The van der Waals surface area contributed by atoms with Gasteiger partial charge in [0.05, 0.1) is 18.1 Å². The van der Waals surface area contributed by atoms with Crippen LogP contribution >= 0.6 is 22.9 Å². The lowest BCUT2D eigenvalue weighted by molar-refractivity contribution is -0.130. The topological polar surface area (TPSA) is 67.9 Å². The van der Waals surface area contributed by atoms with Crippen LogP contribution in [0.5, 0.6) is 11.5 Å². The van der Waals surface area contributed by atoms with Crippen molar-refractivity contribution in [1.82, 2.24) is 10.2 Å². The number of rotatable bonds is 5. The molecule has 2 aromatic carbocycles. The first-order valence-corrected chi connectivity index (χ1v) is 10.3. The molecule has 1 aliphatic heterocycles. The van der Waals surface area contributed by atoms with Crippen LogP contribution in [-0.2, 0) is 4.79 Å². The summed E-state index contributed by atoms with van der Waals surface area (Å²) in [4.78, 5) is 26.9. The predicted octanol–water partition coefficient (Wildman–Crippen LogP) is 3.58. The van der Waals surface area contributed by atoms with Gasteiger partial charge in [0.15, 0.2) is 17.6 Å². The van der Waals surface area contributed by atoms with Gasteiger partial charge in [-0.1, -0.05) is 41.9 Å². The summed E-state index contributed by atoms with van der Waals surface area (Å²) in [6, 6.07) is 15.0. The van der Waals surface area contributed by atoms with Crippen molar-refractivity contribution in [2.45, 2.75) is 6.10 Å². The smallest absolute Gasteiger partial charge is 0.263 e. The Morgan fingerprint density at radius 3 is 2.69 bits per heavy atom. The van der Waals surface area contributed by atoms with E-state index in [1.54, 1.807) is 7.05 Å². The Morgan fingerprint density at radius 1 is 1.17 bits per heavy atom. The fourth-order valence-electron chi connectivity index (χ4n) is 3.09. The molecular weight excluding hydrogens is 412 g/mol. The van der Waals surface area contributed by atoms with E-state index >= 15 is 0 Å². The van der Waals surface area contributed by atoms with E-state index in [9.17, 15) is 9.59 Å². The van der Waals surface area contributed by atoms with Crippen molar-refractivity contribution >= 4 is 44.8 Å². The first kappa shape index (κ1) is 19.5. The van der Waals surface area contributed by atoms with Gasteiger partial charge < -0.3 is 19.7 Å². The second-order valence-electron chi connectivity index (χ2n) is 6.70. The van der Waals surface area contributed by atoms with Crippen LogP contribution < -0.4 is 14.8 Å². The Labute approximate surface area is 177 Å². The second-order valence-corrected chi connectivity index (χ2v) is 8.13. The van der Waals surface area contributed by atoms with Crippen molar-refractivity contribution in [1.29, 1.82) is 0 Å². The highest BCUT2D eigenvalue weighted by Crippen LogP contribution is 2.35. The van der Waals surface area contributed by atoms with Gasteiger partial charge in [-0.25, -0.2) is 0 Å². The van der Waals surface area contributed by atoms with Crippen molar-refractivity contribution in [3.05, 3.63) is 58.4 Å². The summed E-state index contributed by atoms with van der Waals surface area (Å²) < 4.78 is 12.5. The van der Waals surface area contributed by atoms with Gasteiger partial charge in [0.25, 0.3) is 5.91 Å². The molecule has 29 heavy (non-hydrogen) atoms. The van der Waals surface area contributed by atoms with Gasteiger partial charge in [0, 0.05) is 17.1 Å². The number of nitrogens with one attached hydrogen (secondary N) is 1. The summed E-state index contributed by atoms with van der Waals surface area (Å²) in [6.07, 6.45) is -0.272. The lowest BCUT2D eigenvalue weighted by Crippen LogP contribution is -2.45. The van der Waals surface area contributed by atoms with Gasteiger partial charge >= 0.3 is 0 Å². The van der Waals surface area contributed by atoms with Crippen LogP contribution in [-0.4, -0.2) is 49.6 Å². The Balaban J connectivity index is 1.32. The molecule has 1 aliphatic rings. The molecule has 1 aromatic heterocycles. The van der Waals surface area contributed by atoms with E-state index in [0.29, 0.717) is 34.6 Å². The number of fused-ring (bicyclic) bond motifs is 2. The van der Waals surface area contributed by atoms with Crippen molar-refractivity contribution < 1.29 is 19.1 Å². The van der Waals surface area contributed by atoms with Crippen molar-refractivity contribution in [3.63, 3.8) is 0 Å². The molecule has 4 rings (SSSR count). The summed E-state index contributed by atoms with van der Waals surface area (Å²) in [5.41, 5.74) is 0. The zero-order chi connectivity index (χ0) is 20.4. The first-order valence-electron chi connectivity index (χ1n) is 9.10. The maximum Gasteiger partial charge on any atom is 0.263 e. The van der Waals surface area contributed by atoms with E-state index in [4.69, 9.17) is 21.1 Å². The largest absolute Gasteiger partial charge is 0.486 e. The van der Waals surface area contributed by atoms with Gasteiger partial charge in [0.1, 0.15) is 11.5 Å². The quantitative estimate of drug-likeness (QED) is 0.671. The molecule has 1 atom stereocenters. The molecule has 2 amide bonds. The fourth-order valence-corrected chi connectivity index (χ4v) is 4.52. The van der Waals surface area contributed by atoms with Crippen LogP contribution in [0.4, 0.5) is 0 Å². The molecule has 0 saturated heterocycles. The van der Waals surface area contributed by atoms with Gasteiger partial charge in [-0.2, -0.15) is 0 Å². The molecule has 6 nitrogen and oxygen atoms in total. The number of amides is 2. The molecule has 0 saturated carbocycles. The Morgan fingerprint density at radius 2 is 1.90 bits per heavy atom. The highest BCUT2D eigenvalue weighted by Gasteiger charge is 2.24. The summed E-state index contributed by atoms with van der Waals surface area (Å²) in [6.45, 7) is 0.592. The highest BCUT2D eigenvalue weighted by atomic mass is 35.5. The monoisotopic (exact) mass is 430 g/mol. The predicted molar refractivity (Wildman–Crippen MR) is 113 cm³/mol. The summed E-state index contributed by atoms with van der Waals surface area (Å²) >= 11 is 7.63. The molecule has 2 heterocycles. The lowest BCUT2D eigenvalue weighted by Gasteiger charge is -2.29. The first-order chi connectivity index (χ1) is 14.0. The molecule has 0 radical (unpaired) electrons. The third kappa shape index (κ3) is 4.16. The van der Waals surface area contributed by atoms with Crippen molar-refractivity contribution in [2.75, 3.05) is 26.7 Å². The van der Waals surface area contributed by atoms with Crippen LogP contribution in [0.15, 0.2) is 48.5 Å². The van der Waals surface area contributed by atoms with Gasteiger partial charge in [-0.05, 0) is 18.2 Å². The number of halogens is 1. The number of hydrogen-bond donors (Lipinski definition) is 1. The van der Waals surface area contributed by atoms with Crippen LogP contribution in [0, 0.1) is 0 Å². The number of nitrogens with zero attached hydrogens (tertiary/aromatic N) is 1. The third-order valence-electron chi connectivity index (χ3n) is 4.61. The number of para-hydroxylation sites is 2. The molecule has 8 heteroatoms. The molecule has 0 fully saturated rings. The zero-order valence-corrected chi connectivity index (χ0v) is 17.3. The van der Waals surface area contributed by atoms with Crippen LogP contribution in [0.25, 0.3) is 10.1 Å². The summed E-state index contributed by atoms with van der Waals surface area (Å²) in [5.74, 6) is 0.782. The molecule has 0 spiro atoms. The van der Waals surface area contributed by atoms with Crippen LogP contribution in [0.3, 0.4) is 0 Å². The van der Waals surface area contributed by atoms with E-state index < -0.39 is 0 Å². The van der Waals surface area contributed by atoms with Crippen LogP contribution in [0.1, 0.15) is 9.67 Å². The maximum atomic E-state index is 12.5. The van der Waals surface area contributed by atoms with E-state index in [2.05, 4.69) is 5.32 Å². The fraction of sp³-hybridized carbons (Fsp3) is 0.238. The Kier molecular flexibility index (Phi) is 5.60. The number of hydrogen-bond acceptors (Lipinski definition) is 5.